The molecule has 4 nitrogen and oxygen atoms in total. The third kappa shape index (κ3) is 4.76. The summed E-state index contributed by atoms with van der Waals surface area (Å²) in [5.41, 5.74) is 0.639. The van der Waals surface area contributed by atoms with E-state index in [4.69, 9.17) is 9.84 Å². The molecule has 0 radical (unpaired) electrons. The smallest absolute Gasteiger partial charge is 0.213 e. The molecule has 0 aliphatic heterocycles. The summed E-state index contributed by atoms with van der Waals surface area (Å²) >= 11 is 0. The zero-order valence-corrected chi connectivity index (χ0v) is 9.31. The molecule has 1 aromatic rings. The number of pyridine rings is 1. The van der Waals surface area contributed by atoms with E-state index in [1.807, 2.05) is 20.2 Å². The Morgan fingerprint density at radius 1 is 1.40 bits per heavy atom. The Labute approximate surface area is 90.5 Å². The molecular formula is C11H18N2O2. The van der Waals surface area contributed by atoms with E-state index >= 15 is 0 Å². The van der Waals surface area contributed by atoms with Gasteiger partial charge in [-0.25, -0.2) is 4.98 Å². The van der Waals surface area contributed by atoms with E-state index in [-0.39, 0.29) is 6.61 Å². The summed E-state index contributed by atoms with van der Waals surface area (Å²) in [6.45, 7) is 1.61. The minimum Gasteiger partial charge on any atom is -0.478 e. The van der Waals surface area contributed by atoms with Crippen LogP contribution in [0.3, 0.4) is 0 Å². The minimum atomic E-state index is -0.0467. The number of nitrogens with zero attached hydrogens (tertiary/aromatic N) is 2. The van der Waals surface area contributed by atoms with E-state index in [9.17, 15) is 0 Å². The minimum absolute atomic E-state index is 0.0467. The second-order valence-electron chi connectivity index (χ2n) is 3.63. The summed E-state index contributed by atoms with van der Waals surface area (Å²) in [4.78, 5) is 6.23. The number of hydrogen-bond donors (Lipinski definition) is 1. The van der Waals surface area contributed by atoms with Crippen molar-refractivity contribution in [3.63, 3.8) is 0 Å². The van der Waals surface area contributed by atoms with Crippen molar-refractivity contribution in [2.45, 2.75) is 13.0 Å². The summed E-state index contributed by atoms with van der Waals surface area (Å²) in [6, 6.07) is 5.40. The third-order valence-electron chi connectivity index (χ3n) is 1.94. The largest absolute Gasteiger partial charge is 0.478 e. The second kappa shape index (κ2) is 6.37. The van der Waals surface area contributed by atoms with Crippen LogP contribution in [0.4, 0.5) is 0 Å². The predicted octanol–water partition coefficient (Wildman–Crippen LogP) is 0.904. The van der Waals surface area contributed by atoms with Crippen LogP contribution < -0.4 is 4.74 Å². The van der Waals surface area contributed by atoms with Crippen molar-refractivity contribution in [2.24, 2.45) is 0 Å². The molecule has 1 rings (SSSR count). The van der Waals surface area contributed by atoms with Crippen LogP contribution in [0, 0.1) is 0 Å². The standard InChI is InChI=1S/C11H18N2O2/c1-13(2)7-4-8-15-11-6-3-5-10(9-14)12-11/h3,5-6,14H,4,7-9H2,1-2H3. The molecule has 0 atom stereocenters. The lowest BCUT2D eigenvalue weighted by atomic mass is 10.3. The van der Waals surface area contributed by atoms with Gasteiger partial charge < -0.3 is 14.7 Å². The van der Waals surface area contributed by atoms with Crippen LogP contribution in [0.1, 0.15) is 12.1 Å². The molecule has 0 aliphatic rings. The van der Waals surface area contributed by atoms with Gasteiger partial charge in [0.15, 0.2) is 0 Å². The highest BCUT2D eigenvalue weighted by molar-refractivity contribution is 5.15. The van der Waals surface area contributed by atoms with E-state index in [2.05, 4.69) is 9.88 Å². The molecule has 1 heterocycles. The lowest BCUT2D eigenvalue weighted by Crippen LogP contribution is -2.15. The summed E-state index contributed by atoms with van der Waals surface area (Å²) in [5, 5.41) is 8.88. The van der Waals surface area contributed by atoms with Gasteiger partial charge in [0.1, 0.15) is 0 Å². The highest BCUT2D eigenvalue weighted by Gasteiger charge is 1.97. The van der Waals surface area contributed by atoms with Crippen molar-refractivity contribution < 1.29 is 9.84 Å². The van der Waals surface area contributed by atoms with Crippen LogP contribution in [0.2, 0.25) is 0 Å². The Balaban J connectivity index is 2.30. The molecule has 4 heteroatoms. The van der Waals surface area contributed by atoms with E-state index in [1.54, 1.807) is 12.1 Å². The van der Waals surface area contributed by atoms with Gasteiger partial charge in [0, 0.05) is 12.6 Å². The zero-order valence-electron chi connectivity index (χ0n) is 9.31. The van der Waals surface area contributed by atoms with Gasteiger partial charge in [0.25, 0.3) is 0 Å². The SMILES string of the molecule is CN(C)CCCOc1cccc(CO)n1. The summed E-state index contributed by atoms with van der Waals surface area (Å²) < 4.78 is 5.45. The maximum Gasteiger partial charge on any atom is 0.213 e. The Hall–Kier alpha value is -1.13. The molecule has 1 aromatic heterocycles. The van der Waals surface area contributed by atoms with Gasteiger partial charge in [-0.1, -0.05) is 6.07 Å². The first-order valence-electron chi connectivity index (χ1n) is 5.06. The number of rotatable bonds is 6. The van der Waals surface area contributed by atoms with Gasteiger partial charge in [-0.15, -0.1) is 0 Å². The lowest BCUT2D eigenvalue weighted by molar-refractivity contribution is 0.260. The van der Waals surface area contributed by atoms with Gasteiger partial charge in [-0.05, 0) is 26.6 Å². The van der Waals surface area contributed by atoms with Crippen LogP contribution in [-0.4, -0.2) is 42.2 Å². The molecular weight excluding hydrogens is 192 g/mol. The van der Waals surface area contributed by atoms with Crippen LogP contribution in [0.15, 0.2) is 18.2 Å². The monoisotopic (exact) mass is 210 g/mol. The van der Waals surface area contributed by atoms with E-state index in [1.165, 1.54) is 0 Å². The van der Waals surface area contributed by atoms with Gasteiger partial charge in [-0.2, -0.15) is 0 Å². The first-order chi connectivity index (χ1) is 7.22. The summed E-state index contributed by atoms with van der Waals surface area (Å²) in [6.07, 6.45) is 0.970. The molecule has 0 aromatic carbocycles. The fourth-order valence-electron chi connectivity index (χ4n) is 1.18. The molecule has 0 aliphatic carbocycles. The number of aliphatic hydroxyl groups excluding tert-OH is 1. The highest BCUT2D eigenvalue weighted by Crippen LogP contribution is 2.07. The van der Waals surface area contributed by atoms with E-state index in [0.29, 0.717) is 18.2 Å². The number of hydrogen-bond acceptors (Lipinski definition) is 4. The molecule has 0 saturated carbocycles. The number of ether oxygens (including phenoxy) is 1. The maximum atomic E-state index is 8.88. The van der Waals surface area contributed by atoms with E-state index in [0.717, 1.165) is 13.0 Å². The summed E-state index contributed by atoms with van der Waals surface area (Å²) in [7, 11) is 4.06. The Morgan fingerprint density at radius 2 is 2.20 bits per heavy atom. The molecule has 1 N–H and O–H groups in total. The molecule has 0 amide bonds. The third-order valence-corrected chi connectivity index (χ3v) is 1.94. The van der Waals surface area contributed by atoms with Gasteiger partial charge in [-0.3, -0.25) is 0 Å². The maximum absolute atomic E-state index is 8.88. The molecule has 0 spiro atoms. The van der Waals surface area contributed by atoms with Gasteiger partial charge in [0.05, 0.1) is 18.9 Å². The second-order valence-corrected chi connectivity index (χ2v) is 3.63. The summed E-state index contributed by atoms with van der Waals surface area (Å²) in [5.74, 6) is 0.584. The Bertz CT molecular complexity index is 290. The first-order valence-corrected chi connectivity index (χ1v) is 5.06. The molecule has 0 unspecified atom stereocenters. The van der Waals surface area contributed by atoms with Crippen molar-refractivity contribution in [1.29, 1.82) is 0 Å². The van der Waals surface area contributed by atoms with Crippen molar-refractivity contribution in [3.05, 3.63) is 23.9 Å². The normalized spacial score (nSPS) is 10.7. The number of aliphatic hydroxyl groups is 1. The fraction of sp³-hybridized carbons (Fsp3) is 0.545. The fourth-order valence-corrected chi connectivity index (χ4v) is 1.18. The molecule has 0 fully saturated rings. The highest BCUT2D eigenvalue weighted by atomic mass is 16.5. The lowest BCUT2D eigenvalue weighted by Gasteiger charge is -2.10. The molecule has 0 bridgehead atoms. The van der Waals surface area contributed by atoms with Crippen molar-refractivity contribution >= 4 is 0 Å². The van der Waals surface area contributed by atoms with Crippen LogP contribution >= 0.6 is 0 Å². The van der Waals surface area contributed by atoms with Crippen molar-refractivity contribution in [3.8, 4) is 5.88 Å². The molecule has 15 heavy (non-hydrogen) atoms. The zero-order chi connectivity index (χ0) is 11.1. The Kier molecular flexibility index (Phi) is 5.07. The molecule has 0 saturated heterocycles. The van der Waals surface area contributed by atoms with Crippen LogP contribution in [0.5, 0.6) is 5.88 Å². The van der Waals surface area contributed by atoms with E-state index < -0.39 is 0 Å². The average Bonchev–Trinajstić information content (AvgIpc) is 2.24. The Morgan fingerprint density at radius 3 is 2.87 bits per heavy atom. The average molecular weight is 210 g/mol. The van der Waals surface area contributed by atoms with Gasteiger partial charge >= 0.3 is 0 Å². The van der Waals surface area contributed by atoms with Crippen molar-refractivity contribution in [2.75, 3.05) is 27.2 Å². The van der Waals surface area contributed by atoms with Crippen molar-refractivity contribution in [1.82, 2.24) is 9.88 Å². The van der Waals surface area contributed by atoms with Crippen LogP contribution in [0.25, 0.3) is 0 Å². The quantitative estimate of drug-likeness (QED) is 0.709. The molecule has 84 valence electrons. The predicted molar refractivity (Wildman–Crippen MR) is 58.8 cm³/mol. The topological polar surface area (TPSA) is 45.6 Å². The first kappa shape index (κ1) is 11.9. The number of aromatic nitrogens is 1. The van der Waals surface area contributed by atoms with Gasteiger partial charge in [0.2, 0.25) is 5.88 Å². The van der Waals surface area contributed by atoms with Crippen LogP contribution in [-0.2, 0) is 6.61 Å².